The van der Waals surface area contributed by atoms with Gasteiger partial charge in [-0.25, -0.2) is 4.79 Å². The van der Waals surface area contributed by atoms with E-state index >= 15 is 0 Å². The molecule has 1 fully saturated rings. The number of carbonyl (C=O) groups is 3. The van der Waals surface area contributed by atoms with Gasteiger partial charge in [-0.1, -0.05) is 75.2 Å². The first-order valence-corrected chi connectivity index (χ1v) is 12.5. The van der Waals surface area contributed by atoms with E-state index in [2.05, 4.69) is 34.9 Å². The average molecular weight is 479 g/mol. The van der Waals surface area contributed by atoms with Gasteiger partial charge in [-0.3, -0.25) is 9.59 Å². The maximum absolute atomic E-state index is 12.9. The van der Waals surface area contributed by atoms with Crippen LogP contribution in [0.5, 0.6) is 0 Å². The Kier molecular flexibility index (Phi) is 7.73. The molecule has 2 aromatic rings. The van der Waals surface area contributed by atoms with E-state index in [4.69, 9.17) is 4.74 Å². The molecule has 1 unspecified atom stereocenters. The standard InChI is InChI=1S/C28H34N2O5/c1-17(2)25(26(31)29-15-18-9-3-4-10-19(18)27(32)33)30-28(34)35-16-24-22-13-7-5-11-20(22)21-12-6-8-14-23(21)24/h5-8,11-14,17-19,24-25H,3-4,9-10,15-16H2,1-2H3,(H,29,31)(H,30,34)(H,32,33)/t18-,19-,25?/m1/s1. The number of carboxylic acids is 1. The van der Waals surface area contributed by atoms with Gasteiger partial charge in [-0.05, 0) is 46.9 Å². The molecule has 186 valence electrons. The van der Waals surface area contributed by atoms with E-state index in [1.807, 2.05) is 38.1 Å². The molecule has 3 atom stereocenters. The van der Waals surface area contributed by atoms with Crippen molar-refractivity contribution in [1.82, 2.24) is 10.6 Å². The number of ether oxygens (including phenoxy) is 1. The zero-order valence-corrected chi connectivity index (χ0v) is 20.3. The van der Waals surface area contributed by atoms with Gasteiger partial charge in [0.15, 0.2) is 0 Å². The molecule has 0 saturated heterocycles. The zero-order valence-electron chi connectivity index (χ0n) is 20.3. The van der Waals surface area contributed by atoms with E-state index in [-0.39, 0.29) is 30.3 Å². The Hall–Kier alpha value is -3.35. The summed E-state index contributed by atoms with van der Waals surface area (Å²) in [6.07, 6.45) is 2.65. The van der Waals surface area contributed by atoms with Gasteiger partial charge in [0, 0.05) is 12.5 Å². The Balaban J connectivity index is 1.35. The SMILES string of the molecule is CC(C)C(NC(=O)OCC1c2ccccc2-c2ccccc21)C(=O)NC[C@H]1CCCC[C@H]1C(=O)O. The quantitative estimate of drug-likeness (QED) is 0.516. The lowest BCUT2D eigenvalue weighted by Crippen LogP contribution is -2.51. The maximum Gasteiger partial charge on any atom is 0.407 e. The predicted octanol–water partition coefficient (Wildman–Crippen LogP) is 4.56. The molecule has 3 N–H and O–H groups in total. The molecule has 1 saturated carbocycles. The van der Waals surface area contributed by atoms with Crippen LogP contribution in [0.2, 0.25) is 0 Å². The fraction of sp³-hybridized carbons (Fsp3) is 0.464. The van der Waals surface area contributed by atoms with Crippen molar-refractivity contribution in [2.45, 2.75) is 51.5 Å². The summed E-state index contributed by atoms with van der Waals surface area (Å²) >= 11 is 0. The molecule has 0 heterocycles. The summed E-state index contributed by atoms with van der Waals surface area (Å²) in [5, 5.41) is 15.1. The highest BCUT2D eigenvalue weighted by Gasteiger charge is 2.33. The third-order valence-corrected chi connectivity index (χ3v) is 7.33. The van der Waals surface area contributed by atoms with Crippen LogP contribution < -0.4 is 10.6 Å². The van der Waals surface area contributed by atoms with Crippen molar-refractivity contribution in [2.24, 2.45) is 17.8 Å². The highest BCUT2D eigenvalue weighted by molar-refractivity contribution is 5.86. The van der Waals surface area contributed by atoms with Crippen molar-refractivity contribution in [3.63, 3.8) is 0 Å². The minimum absolute atomic E-state index is 0.0567. The molecule has 7 heteroatoms. The summed E-state index contributed by atoms with van der Waals surface area (Å²) in [6.45, 7) is 4.18. The maximum atomic E-state index is 12.9. The molecule has 35 heavy (non-hydrogen) atoms. The average Bonchev–Trinajstić information content (AvgIpc) is 3.18. The summed E-state index contributed by atoms with van der Waals surface area (Å²) in [6, 6.07) is 15.5. The van der Waals surface area contributed by atoms with Crippen LogP contribution in [-0.4, -0.2) is 42.3 Å². The molecule has 2 aliphatic rings. The number of aliphatic carboxylic acids is 1. The van der Waals surface area contributed by atoms with E-state index in [9.17, 15) is 19.5 Å². The van der Waals surface area contributed by atoms with Crippen molar-refractivity contribution in [3.05, 3.63) is 59.7 Å². The van der Waals surface area contributed by atoms with Gasteiger partial charge in [0.1, 0.15) is 12.6 Å². The number of carboxylic acid groups (broad SMARTS) is 1. The number of amides is 2. The molecule has 0 aliphatic heterocycles. The Bertz CT molecular complexity index is 1040. The van der Waals surface area contributed by atoms with E-state index in [0.717, 1.165) is 41.5 Å². The molecule has 0 spiro atoms. The Morgan fingerprint density at radius 3 is 2.17 bits per heavy atom. The van der Waals surface area contributed by atoms with Crippen LogP contribution in [-0.2, 0) is 14.3 Å². The highest BCUT2D eigenvalue weighted by atomic mass is 16.5. The molecule has 7 nitrogen and oxygen atoms in total. The minimum Gasteiger partial charge on any atom is -0.481 e. The highest BCUT2D eigenvalue weighted by Crippen LogP contribution is 2.44. The summed E-state index contributed by atoms with van der Waals surface area (Å²) < 4.78 is 5.61. The second-order valence-corrected chi connectivity index (χ2v) is 9.93. The van der Waals surface area contributed by atoms with Crippen molar-refractivity contribution in [1.29, 1.82) is 0 Å². The fourth-order valence-electron chi connectivity index (χ4n) is 5.42. The first-order valence-electron chi connectivity index (χ1n) is 12.5. The van der Waals surface area contributed by atoms with Gasteiger partial charge in [0.2, 0.25) is 5.91 Å². The number of rotatable bonds is 8. The summed E-state index contributed by atoms with van der Waals surface area (Å²) in [5.41, 5.74) is 4.55. The second-order valence-electron chi connectivity index (χ2n) is 9.93. The van der Waals surface area contributed by atoms with Gasteiger partial charge in [0.25, 0.3) is 0 Å². The van der Waals surface area contributed by atoms with Crippen LogP contribution in [0.3, 0.4) is 0 Å². The number of hydrogen-bond acceptors (Lipinski definition) is 4. The van der Waals surface area contributed by atoms with Crippen LogP contribution in [0.1, 0.15) is 56.6 Å². The monoisotopic (exact) mass is 478 g/mol. The summed E-state index contributed by atoms with van der Waals surface area (Å²) in [5.74, 6) is -1.86. The second kappa shape index (κ2) is 10.9. The van der Waals surface area contributed by atoms with E-state index in [1.54, 1.807) is 0 Å². The lowest BCUT2D eigenvalue weighted by atomic mass is 9.79. The normalized spacial score (nSPS) is 20.0. The zero-order chi connectivity index (χ0) is 24.9. The molecular weight excluding hydrogens is 444 g/mol. The number of nitrogens with one attached hydrogen (secondary N) is 2. The van der Waals surface area contributed by atoms with Gasteiger partial charge in [-0.2, -0.15) is 0 Å². The van der Waals surface area contributed by atoms with Crippen LogP contribution in [0, 0.1) is 17.8 Å². The van der Waals surface area contributed by atoms with Crippen molar-refractivity contribution in [2.75, 3.05) is 13.2 Å². The molecule has 0 radical (unpaired) electrons. The summed E-state index contributed by atoms with van der Waals surface area (Å²) in [4.78, 5) is 37.1. The lowest BCUT2D eigenvalue weighted by Gasteiger charge is -2.29. The van der Waals surface area contributed by atoms with Crippen molar-refractivity contribution in [3.8, 4) is 11.1 Å². The number of carbonyl (C=O) groups excluding carboxylic acids is 2. The lowest BCUT2D eigenvalue weighted by molar-refractivity contribution is -0.145. The molecule has 4 rings (SSSR count). The van der Waals surface area contributed by atoms with Gasteiger partial charge in [-0.15, -0.1) is 0 Å². The Morgan fingerprint density at radius 2 is 1.57 bits per heavy atom. The summed E-state index contributed by atoms with van der Waals surface area (Å²) in [7, 11) is 0. The van der Waals surface area contributed by atoms with E-state index in [1.165, 1.54) is 0 Å². The van der Waals surface area contributed by atoms with Crippen LogP contribution >= 0.6 is 0 Å². The number of benzene rings is 2. The Morgan fingerprint density at radius 1 is 0.971 bits per heavy atom. The van der Waals surface area contributed by atoms with E-state index < -0.39 is 24.0 Å². The topological polar surface area (TPSA) is 105 Å². The number of hydrogen-bond donors (Lipinski definition) is 3. The molecular formula is C28H34N2O5. The Labute approximate surface area is 206 Å². The smallest absolute Gasteiger partial charge is 0.407 e. The largest absolute Gasteiger partial charge is 0.481 e. The van der Waals surface area contributed by atoms with Gasteiger partial charge >= 0.3 is 12.1 Å². The van der Waals surface area contributed by atoms with Crippen LogP contribution in [0.4, 0.5) is 4.79 Å². The number of fused-ring (bicyclic) bond motifs is 3. The van der Waals surface area contributed by atoms with Crippen LogP contribution in [0.25, 0.3) is 11.1 Å². The third kappa shape index (κ3) is 5.50. The van der Waals surface area contributed by atoms with Crippen molar-refractivity contribution >= 4 is 18.0 Å². The number of alkyl carbamates (subject to hydrolysis) is 1. The molecule has 2 aliphatic carbocycles. The van der Waals surface area contributed by atoms with Crippen molar-refractivity contribution < 1.29 is 24.2 Å². The molecule has 0 bridgehead atoms. The van der Waals surface area contributed by atoms with E-state index in [0.29, 0.717) is 13.0 Å². The van der Waals surface area contributed by atoms with Gasteiger partial charge in [0.05, 0.1) is 5.92 Å². The third-order valence-electron chi connectivity index (χ3n) is 7.33. The first kappa shape index (κ1) is 24.8. The fourth-order valence-corrected chi connectivity index (χ4v) is 5.42. The molecule has 2 aromatic carbocycles. The van der Waals surface area contributed by atoms with Crippen LogP contribution in [0.15, 0.2) is 48.5 Å². The first-order chi connectivity index (χ1) is 16.9. The van der Waals surface area contributed by atoms with Gasteiger partial charge < -0.3 is 20.5 Å². The predicted molar refractivity (Wildman–Crippen MR) is 133 cm³/mol. The molecule has 0 aromatic heterocycles. The minimum atomic E-state index is -0.805. The molecule has 2 amide bonds.